The zero-order valence-corrected chi connectivity index (χ0v) is 15.3. The summed E-state index contributed by atoms with van der Waals surface area (Å²) in [5.41, 5.74) is 5.60. The summed E-state index contributed by atoms with van der Waals surface area (Å²) in [6.45, 7) is 0. The van der Waals surface area contributed by atoms with Gasteiger partial charge in [-0.2, -0.15) is 0 Å². The van der Waals surface area contributed by atoms with Crippen LogP contribution in [0.3, 0.4) is 0 Å². The number of benzene rings is 3. The number of carbonyl (C=O) groups excluding carboxylic acids is 1. The monoisotopic (exact) mass is 413 g/mol. The summed E-state index contributed by atoms with van der Waals surface area (Å²) >= 11 is 5.89. The number of ketones is 1. The van der Waals surface area contributed by atoms with Crippen LogP contribution >= 0.6 is 11.6 Å². The van der Waals surface area contributed by atoms with E-state index in [2.05, 4.69) is 9.97 Å². The van der Waals surface area contributed by atoms with Gasteiger partial charge in [-0.1, -0.05) is 23.7 Å². The van der Waals surface area contributed by atoms with Crippen molar-refractivity contribution in [3.8, 4) is 11.3 Å². The number of fused-ring (bicyclic) bond motifs is 1. The molecule has 0 aliphatic carbocycles. The van der Waals surface area contributed by atoms with Crippen LogP contribution in [0.4, 0.5) is 18.9 Å². The predicted octanol–water partition coefficient (Wildman–Crippen LogP) is 5.18. The molecule has 29 heavy (non-hydrogen) atoms. The molecular weight excluding hydrogens is 403 g/mol. The SMILES string of the molecule is Nc1cc(F)c(F)c(C(=O)c2ccc3ncc(-c4ccc(Cl)cc4)nc3c2)c1F. The molecule has 144 valence electrons. The minimum Gasteiger partial charge on any atom is -0.396 e. The van der Waals surface area contributed by atoms with Crippen molar-refractivity contribution in [3.63, 3.8) is 0 Å². The molecule has 0 saturated heterocycles. The number of anilines is 1. The Bertz CT molecular complexity index is 1250. The molecule has 0 saturated carbocycles. The maximum Gasteiger partial charge on any atom is 0.199 e. The smallest absolute Gasteiger partial charge is 0.199 e. The van der Waals surface area contributed by atoms with Crippen LogP contribution in [0.25, 0.3) is 22.3 Å². The topological polar surface area (TPSA) is 68.9 Å². The molecule has 4 aromatic rings. The molecule has 4 nitrogen and oxygen atoms in total. The van der Waals surface area contributed by atoms with Gasteiger partial charge in [-0.15, -0.1) is 0 Å². The molecule has 0 radical (unpaired) electrons. The van der Waals surface area contributed by atoms with Crippen molar-refractivity contribution < 1.29 is 18.0 Å². The zero-order valence-electron chi connectivity index (χ0n) is 14.6. The standard InChI is InChI=1S/C21H11ClF3N3O/c22-12-4-1-10(2-5-12)17-9-27-15-6-3-11(7-16(15)28-17)21(29)18-19(24)13(23)8-14(26)20(18)25/h1-9H,26H2. The number of rotatable bonds is 3. The predicted molar refractivity (Wildman–Crippen MR) is 104 cm³/mol. The van der Waals surface area contributed by atoms with Crippen LogP contribution in [0.5, 0.6) is 0 Å². The highest BCUT2D eigenvalue weighted by molar-refractivity contribution is 6.30. The van der Waals surface area contributed by atoms with Crippen LogP contribution < -0.4 is 5.73 Å². The Morgan fingerprint density at radius 3 is 2.38 bits per heavy atom. The van der Waals surface area contributed by atoms with Crippen LogP contribution in [0, 0.1) is 17.5 Å². The van der Waals surface area contributed by atoms with E-state index in [1.807, 2.05) is 0 Å². The van der Waals surface area contributed by atoms with Gasteiger partial charge in [-0.25, -0.2) is 18.2 Å². The van der Waals surface area contributed by atoms with Crippen molar-refractivity contribution in [2.75, 3.05) is 5.73 Å². The van der Waals surface area contributed by atoms with E-state index in [-0.39, 0.29) is 5.56 Å². The van der Waals surface area contributed by atoms with Crippen LogP contribution in [-0.2, 0) is 0 Å². The molecule has 0 amide bonds. The number of hydrogen-bond acceptors (Lipinski definition) is 4. The molecule has 0 fully saturated rings. The molecule has 1 aromatic heterocycles. The van der Waals surface area contributed by atoms with Gasteiger partial charge in [0, 0.05) is 22.2 Å². The summed E-state index contributed by atoms with van der Waals surface area (Å²) in [6.07, 6.45) is 1.56. The minimum absolute atomic E-state index is 0.0807. The van der Waals surface area contributed by atoms with Gasteiger partial charge >= 0.3 is 0 Å². The molecule has 0 unspecified atom stereocenters. The second kappa shape index (κ2) is 7.18. The van der Waals surface area contributed by atoms with Crippen LogP contribution in [-0.4, -0.2) is 15.8 Å². The van der Waals surface area contributed by atoms with Gasteiger partial charge < -0.3 is 5.73 Å². The molecule has 4 rings (SSSR count). The van der Waals surface area contributed by atoms with E-state index in [1.165, 1.54) is 18.2 Å². The van der Waals surface area contributed by atoms with Gasteiger partial charge in [0.2, 0.25) is 0 Å². The lowest BCUT2D eigenvalue weighted by molar-refractivity contribution is 0.103. The van der Waals surface area contributed by atoms with Gasteiger partial charge in [0.05, 0.1) is 34.2 Å². The molecule has 8 heteroatoms. The van der Waals surface area contributed by atoms with Crippen LogP contribution in [0.15, 0.2) is 54.7 Å². The lowest BCUT2D eigenvalue weighted by Crippen LogP contribution is -2.11. The van der Waals surface area contributed by atoms with E-state index in [4.69, 9.17) is 17.3 Å². The number of nitrogens with zero attached hydrogens (tertiary/aromatic N) is 2. The molecule has 3 aromatic carbocycles. The number of nitrogens with two attached hydrogens (primary N) is 1. The van der Waals surface area contributed by atoms with Crippen molar-refractivity contribution in [2.45, 2.75) is 0 Å². The summed E-state index contributed by atoms with van der Waals surface area (Å²) in [6, 6.07) is 11.6. The maximum absolute atomic E-state index is 14.2. The lowest BCUT2D eigenvalue weighted by atomic mass is 10.0. The van der Waals surface area contributed by atoms with E-state index >= 15 is 0 Å². The Kier molecular flexibility index (Phi) is 4.68. The summed E-state index contributed by atoms with van der Waals surface area (Å²) in [5, 5.41) is 0.564. The highest BCUT2D eigenvalue weighted by Gasteiger charge is 2.25. The number of carbonyl (C=O) groups is 1. The molecule has 2 N–H and O–H groups in total. The van der Waals surface area contributed by atoms with Crippen molar-refractivity contribution in [1.82, 2.24) is 9.97 Å². The fourth-order valence-electron chi connectivity index (χ4n) is 2.88. The third-order valence-corrected chi connectivity index (χ3v) is 4.61. The fraction of sp³-hybridized carbons (Fsp3) is 0. The van der Waals surface area contributed by atoms with Crippen LogP contribution in [0.1, 0.15) is 15.9 Å². The van der Waals surface area contributed by atoms with Crippen molar-refractivity contribution in [3.05, 3.63) is 88.3 Å². The third-order valence-electron chi connectivity index (χ3n) is 4.36. The van der Waals surface area contributed by atoms with Crippen molar-refractivity contribution in [2.24, 2.45) is 0 Å². The van der Waals surface area contributed by atoms with E-state index in [9.17, 15) is 18.0 Å². The summed E-state index contributed by atoms with van der Waals surface area (Å²) < 4.78 is 41.9. The second-order valence-corrected chi connectivity index (χ2v) is 6.68. The molecule has 0 spiro atoms. The molecule has 0 aliphatic rings. The first-order valence-electron chi connectivity index (χ1n) is 8.35. The quantitative estimate of drug-likeness (QED) is 0.285. The average molecular weight is 414 g/mol. The Morgan fingerprint density at radius 2 is 1.66 bits per heavy atom. The average Bonchev–Trinajstić information content (AvgIpc) is 2.72. The van der Waals surface area contributed by atoms with Crippen molar-refractivity contribution >= 4 is 34.1 Å². The number of aromatic nitrogens is 2. The molecular formula is C21H11ClF3N3O. The highest BCUT2D eigenvalue weighted by atomic mass is 35.5. The van der Waals surface area contributed by atoms with Crippen LogP contribution in [0.2, 0.25) is 5.02 Å². The lowest BCUT2D eigenvalue weighted by Gasteiger charge is -2.09. The van der Waals surface area contributed by atoms with Gasteiger partial charge in [0.25, 0.3) is 0 Å². The first-order chi connectivity index (χ1) is 13.8. The first-order valence-corrected chi connectivity index (χ1v) is 8.73. The normalized spacial score (nSPS) is 11.0. The highest BCUT2D eigenvalue weighted by Crippen LogP contribution is 2.26. The van der Waals surface area contributed by atoms with E-state index in [0.29, 0.717) is 27.8 Å². The third kappa shape index (κ3) is 3.40. The molecule has 0 atom stereocenters. The number of halogens is 4. The zero-order chi connectivity index (χ0) is 20.7. The fourth-order valence-corrected chi connectivity index (χ4v) is 3.01. The first kappa shape index (κ1) is 18.9. The van der Waals surface area contributed by atoms with Gasteiger partial charge in [-0.05, 0) is 30.3 Å². The number of hydrogen-bond donors (Lipinski definition) is 1. The largest absolute Gasteiger partial charge is 0.396 e. The van der Waals surface area contributed by atoms with E-state index in [1.54, 1.807) is 30.5 Å². The summed E-state index contributed by atoms with van der Waals surface area (Å²) in [5.74, 6) is -5.36. The molecule has 0 aliphatic heterocycles. The Hall–Kier alpha value is -3.45. The van der Waals surface area contributed by atoms with Gasteiger partial charge in [0.1, 0.15) is 0 Å². The Morgan fingerprint density at radius 1 is 0.931 bits per heavy atom. The maximum atomic E-state index is 14.2. The molecule has 0 bridgehead atoms. The van der Waals surface area contributed by atoms with Crippen molar-refractivity contribution in [1.29, 1.82) is 0 Å². The Labute approximate surface area is 167 Å². The van der Waals surface area contributed by atoms with E-state index in [0.717, 1.165) is 5.56 Å². The van der Waals surface area contributed by atoms with Gasteiger partial charge in [-0.3, -0.25) is 9.78 Å². The summed E-state index contributed by atoms with van der Waals surface area (Å²) in [4.78, 5) is 21.4. The summed E-state index contributed by atoms with van der Waals surface area (Å²) in [7, 11) is 0. The van der Waals surface area contributed by atoms with E-state index < -0.39 is 34.5 Å². The Balaban J connectivity index is 1.81. The number of nitrogen functional groups attached to an aromatic ring is 1. The molecule has 1 heterocycles. The minimum atomic E-state index is -1.59. The second-order valence-electron chi connectivity index (χ2n) is 6.25. The van der Waals surface area contributed by atoms with Gasteiger partial charge in [0.15, 0.2) is 23.2 Å².